The van der Waals surface area contributed by atoms with Crippen molar-refractivity contribution in [2.24, 2.45) is 10.9 Å². The highest BCUT2D eigenvalue weighted by atomic mass is 16.5. The molecule has 0 bridgehead atoms. The van der Waals surface area contributed by atoms with E-state index in [1.165, 1.54) is 5.56 Å². The summed E-state index contributed by atoms with van der Waals surface area (Å²) in [4.78, 5) is 0. The molecule has 0 saturated heterocycles. The third-order valence-corrected chi connectivity index (χ3v) is 3.01. The van der Waals surface area contributed by atoms with Gasteiger partial charge >= 0.3 is 0 Å². The van der Waals surface area contributed by atoms with E-state index in [0.29, 0.717) is 18.7 Å². The van der Waals surface area contributed by atoms with Crippen LogP contribution in [0.4, 0.5) is 5.69 Å². The fourth-order valence-electron chi connectivity index (χ4n) is 1.82. The van der Waals surface area contributed by atoms with Crippen molar-refractivity contribution in [2.75, 3.05) is 18.5 Å². The SMILES string of the molecule is Cc1ccc(NCCOc2ccc(C(N)=NO)cc2)cc1. The quantitative estimate of drug-likeness (QED) is 0.250. The number of oxime groups is 1. The maximum Gasteiger partial charge on any atom is 0.170 e. The first-order valence-corrected chi connectivity index (χ1v) is 6.70. The predicted octanol–water partition coefficient (Wildman–Crippen LogP) is 2.58. The zero-order valence-electron chi connectivity index (χ0n) is 11.9. The van der Waals surface area contributed by atoms with Crippen LogP contribution in [-0.4, -0.2) is 24.2 Å². The number of nitrogens with two attached hydrogens (primary N) is 1. The van der Waals surface area contributed by atoms with Gasteiger partial charge in [0.25, 0.3) is 0 Å². The number of amidine groups is 1. The van der Waals surface area contributed by atoms with Crippen LogP contribution in [0.15, 0.2) is 53.7 Å². The standard InChI is InChI=1S/C16H19N3O2/c1-12-2-6-14(7-3-12)18-10-11-21-15-8-4-13(5-9-15)16(17)19-20/h2-9,18,20H,10-11H2,1H3,(H2,17,19). The van der Waals surface area contributed by atoms with Crippen LogP contribution in [0.5, 0.6) is 5.75 Å². The molecule has 0 aliphatic carbocycles. The fraction of sp³-hybridized carbons (Fsp3) is 0.188. The number of hydrogen-bond acceptors (Lipinski definition) is 4. The van der Waals surface area contributed by atoms with E-state index in [1.807, 2.05) is 12.1 Å². The van der Waals surface area contributed by atoms with Crippen LogP contribution in [0.2, 0.25) is 0 Å². The molecule has 2 aromatic carbocycles. The Balaban J connectivity index is 1.77. The van der Waals surface area contributed by atoms with Crippen molar-refractivity contribution in [3.63, 3.8) is 0 Å². The number of anilines is 1. The van der Waals surface area contributed by atoms with Crippen LogP contribution < -0.4 is 15.8 Å². The van der Waals surface area contributed by atoms with E-state index >= 15 is 0 Å². The molecule has 110 valence electrons. The average molecular weight is 285 g/mol. The lowest BCUT2D eigenvalue weighted by Gasteiger charge is -2.09. The van der Waals surface area contributed by atoms with Gasteiger partial charge < -0.3 is 21.0 Å². The first-order valence-electron chi connectivity index (χ1n) is 6.70. The molecule has 0 aliphatic heterocycles. The van der Waals surface area contributed by atoms with E-state index in [2.05, 4.69) is 29.5 Å². The van der Waals surface area contributed by atoms with Gasteiger partial charge in [-0.2, -0.15) is 0 Å². The molecule has 0 heterocycles. The van der Waals surface area contributed by atoms with Gasteiger partial charge in [0.2, 0.25) is 0 Å². The minimum Gasteiger partial charge on any atom is -0.492 e. The maximum atomic E-state index is 8.58. The molecule has 2 rings (SSSR count). The van der Waals surface area contributed by atoms with Crippen molar-refractivity contribution < 1.29 is 9.94 Å². The molecule has 0 fully saturated rings. The highest BCUT2D eigenvalue weighted by Gasteiger charge is 1.99. The summed E-state index contributed by atoms with van der Waals surface area (Å²) in [5.74, 6) is 0.831. The van der Waals surface area contributed by atoms with E-state index in [0.717, 1.165) is 11.4 Å². The van der Waals surface area contributed by atoms with Crippen LogP contribution >= 0.6 is 0 Å². The Morgan fingerprint density at radius 1 is 1.14 bits per heavy atom. The zero-order valence-corrected chi connectivity index (χ0v) is 11.9. The predicted molar refractivity (Wildman–Crippen MR) is 84.1 cm³/mol. The second-order valence-corrected chi connectivity index (χ2v) is 4.65. The van der Waals surface area contributed by atoms with E-state index in [-0.39, 0.29) is 5.84 Å². The van der Waals surface area contributed by atoms with Gasteiger partial charge in [-0.15, -0.1) is 0 Å². The molecule has 0 unspecified atom stereocenters. The molecule has 0 aromatic heterocycles. The van der Waals surface area contributed by atoms with Gasteiger partial charge in [0.15, 0.2) is 5.84 Å². The molecule has 0 radical (unpaired) electrons. The molecule has 2 aromatic rings. The summed E-state index contributed by atoms with van der Waals surface area (Å²) in [5, 5.41) is 14.8. The molecule has 0 spiro atoms. The summed E-state index contributed by atoms with van der Waals surface area (Å²) in [7, 11) is 0. The summed E-state index contributed by atoms with van der Waals surface area (Å²) < 4.78 is 5.61. The highest BCUT2D eigenvalue weighted by Crippen LogP contribution is 2.12. The molecule has 0 saturated carbocycles. The Morgan fingerprint density at radius 3 is 2.43 bits per heavy atom. The first kappa shape index (κ1) is 14.7. The second-order valence-electron chi connectivity index (χ2n) is 4.65. The number of nitrogens with zero attached hydrogens (tertiary/aromatic N) is 1. The minimum atomic E-state index is 0.0857. The summed E-state index contributed by atoms with van der Waals surface area (Å²) in [6, 6.07) is 15.3. The van der Waals surface area contributed by atoms with Gasteiger partial charge in [0.05, 0.1) is 0 Å². The number of aryl methyl sites for hydroxylation is 1. The molecular weight excluding hydrogens is 266 g/mol. The molecule has 5 heteroatoms. The Kier molecular flexibility index (Phi) is 5.04. The van der Waals surface area contributed by atoms with Gasteiger partial charge in [-0.3, -0.25) is 0 Å². The average Bonchev–Trinajstić information content (AvgIpc) is 2.53. The lowest BCUT2D eigenvalue weighted by Crippen LogP contribution is -2.13. The summed E-state index contributed by atoms with van der Waals surface area (Å²) in [6.45, 7) is 3.33. The number of ether oxygens (including phenoxy) is 1. The van der Waals surface area contributed by atoms with Crippen molar-refractivity contribution in [2.45, 2.75) is 6.92 Å². The largest absolute Gasteiger partial charge is 0.492 e. The molecule has 4 N–H and O–H groups in total. The Hall–Kier alpha value is -2.69. The molecular formula is C16H19N3O2. The lowest BCUT2D eigenvalue weighted by atomic mass is 10.2. The smallest absolute Gasteiger partial charge is 0.170 e. The van der Waals surface area contributed by atoms with Crippen molar-refractivity contribution in [1.29, 1.82) is 0 Å². The van der Waals surface area contributed by atoms with Gasteiger partial charge in [-0.05, 0) is 43.3 Å². The zero-order chi connectivity index (χ0) is 15.1. The molecule has 0 atom stereocenters. The summed E-state index contributed by atoms with van der Waals surface area (Å²) in [6.07, 6.45) is 0. The van der Waals surface area contributed by atoms with Crippen LogP contribution in [0.25, 0.3) is 0 Å². The topological polar surface area (TPSA) is 79.9 Å². The third kappa shape index (κ3) is 4.42. The first-order chi connectivity index (χ1) is 10.2. The summed E-state index contributed by atoms with van der Waals surface area (Å²) >= 11 is 0. The number of rotatable bonds is 6. The summed E-state index contributed by atoms with van der Waals surface area (Å²) in [5.41, 5.74) is 8.46. The Morgan fingerprint density at radius 2 is 1.81 bits per heavy atom. The van der Waals surface area contributed by atoms with E-state index in [9.17, 15) is 0 Å². The van der Waals surface area contributed by atoms with Crippen LogP contribution in [-0.2, 0) is 0 Å². The molecule has 21 heavy (non-hydrogen) atoms. The Labute approximate surface area is 124 Å². The molecule has 0 amide bonds. The van der Waals surface area contributed by atoms with Crippen molar-refractivity contribution >= 4 is 11.5 Å². The Bertz CT molecular complexity index is 592. The second kappa shape index (κ2) is 7.19. The van der Waals surface area contributed by atoms with Crippen LogP contribution in [0, 0.1) is 6.92 Å². The fourth-order valence-corrected chi connectivity index (χ4v) is 1.82. The van der Waals surface area contributed by atoms with Crippen molar-refractivity contribution in [1.82, 2.24) is 0 Å². The molecule has 5 nitrogen and oxygen atoms in total. The molecule has 0 aliphatic rings. The van der Waals surface area contributed by atoms with Crippen LogP contribution in [0.1, 0.15) is 11.1 Å². The van der Waals surface area contributed by atoms with Crippen molar-refractivity contribution in [3.8, 4) is 5.75 Å². The van der Waals surface area contributed by atoms with Gasteiger partial charge in [-0.25, -0.2) is 0 Å². The monoisotopic (exact) mass is 285 g/mol. The van der Waals surface area contributed by atoms with Gasteiger partial charge in [-0.1, -0.05) is 22.9 Å². The number of nitrogens with one attached hydrogen (secondary N) is 1. The number of benzene rings is 2. The third-order valence-electron chi connectivity index (χ3n) is 3.01. The maximum absolute atomic E-state index is 8.58. The van der Waals surface area contributed by atoms with E-state index in [1.54, 1.807) is 24.3 Å². The normalized spacial score (nSPS) is 11.2. The van der Waals surface area contributed by atoms with Gasteiger partial charge in [0, 0.05) is 17.8 Å². The lowest BCUT2D eigenvalue weighted by molar-refractivity contribution is 0.318. The number of hydrogen-bond donors (Lipinski definition) is 3. The van der Waals surface area contributed by atoms with Gasteiger partial charge in [0.1, 0.15) is 12.4 Å². The van der Waals surface area contributed by atoms with Crippen molar-refractivity contribution in [3.05, 3.63) is 59.7 Å². The highest BCUT2D eigenvalue weighted by molar-refractivity contribution is 5.97. The van der Waals surface area contributed by atoms with E-state index in [4.69, 9.17) is 15.7 Å². The minimum absolute atomic E-state index is 0.0857. The van der Waals surface area contributed by atoms with Crippen LogP contribution in [0.3, 0.4) is 0 Å². The van der Waals surface area contributed by atoms with E-state index < -0.39 is 0 Å².